The summed E-state index contributed by atoms with van der Waals surface area (Å²) in [6, 6.07) is 13.5. The van der Waals surface area contributed by atoms with Gasteiger partial charge in [0.15, 0.2) is 0 Å². The fraction of sp³-hybridized carbons (Fsp3) is 0.375. The largest absolute Gasteiger partial charge is 0.497 e. The number of hydrogen-bond donors (Lipinski definition) is 2. The molecule has 0 atom stereocenters. The molecule has 29 heavy (non-hydrogen) atoms. The van der Waals surface area contributed by atoms with Crippen molar-refractivity contribution in [1.82, 2.24) is 0 Å². The van der Waals surface area contributed by atoms with E-state index in [1.807, 2.05) is 49.4 Å². The second-order valence-corrected chi connectivity index (χ2v) is 6.78. The predicted octanol–water partition coefficient (Wildman–Crippen LogP) is 5.17. The molecule has 5 nitrogen and oxygen atoms in total. The Hall–Kier alpha value is -2.79. The highest BCUT2D eigenvalue weighted by Gasteiger charge is 2.11. The van der Waals surface area contributed by atoms with E-state index in [2.05, 4.69) is 0 Å². The van der Waals surface area contributed by atoms with Gasteiger partial charge in [0, 0.05) is 17.7 Å². The van der Waals surface area contributed by atoms with Crippen molar-refractivity contribution >= 4 is 12.0 Å². The summed E-state index contributed by atoms with van der Waals surface area (Å²) in [7, 11) is 1.63. The van der Waals surface area contributed by atoms with E-state index in [0.717, 1.165) is 53.9 Å². The van der Waals surface area contributed by atoms with Gasteiger partial charge in [0.25, 0.3) is 0 Å². The Labute approximate surface area is 172 Å². The van der Waals surface area contributed by atoms with Crippen LogP contribution in [0.4, 0.5) is 0 Å². The highest BCUT2D eigenvalue weighted by atomic mass is 16.5. The van der Waals surface area contributed by atoms with Crippen molar-refractivity contribution in [2.24, 2.45) is 0 Å². The first-order valence-corrected chi connectivity index (χ1v) is 10.0. The number of carboxylic acid groups (broad SMARTS) is 1. The minimum atomic E-state index is -0.899. The maximum atomic E-state index is 11.6. The van der Waals surface area contributed by atoms with Gasteiger partial charge in [0.2, 0.25) is 0 Å². The molecule has 0 aliphatic carbocycles. The molecule has 2 aromatic rings. The van der Waals surface area contributed by atoms with E-state index >= 15 is 0 Å². The zero-order chi connectivity index (χ0) is 21.1. The molecule has 2 N–H and O–H groups in total. The molecule has 0 aromatic heterocycles. The van der Waals surface area contributed by atoms with Crippen molar-refractivity contribution in [1.29, 1.82) is 0 Å². The number of carbonyl (C=O) groups is 1. The normalized spacial score (nSPS) is 11.3. The summed E-state index contributed by atoms with van der Waals surface area (Å²) in [4.78, 5) is 11.6. The Morgan fingerprint density at radius 1 is 1.03 bits per heavy atom. The maximum Gasteiger partial charge on any atom is 0.331 e. The lowest BCUT2D eigenvalue weighted by atomic mass is 9.99. The third-order valence-corrected chi connectivity index (χ3v) is 4.68. The molecule has 0 amide bonds. The number of carboxylic acids is 1. The smallest absolute Gasteiger partial charge is 0.331 e. The summed E-state index contributed by atoms with van der Waals surface area (Å²) >= 11 is 0. The van der Waals surface area contributed by atoms with Crippen LogP contribution in [0.3, 0.4) is 0 Å². The molecular formula is C24H30O5. The van der Waals surface area contributed by atoms with Gasteiger partial charge in [0.1, 0.15) is 11.5 Å². The van der Waals surface area contributed by atoms with Gasteiger partial charge in [-0.15, -0.1) is 0 Å². The Balaban J connectivity index is 2.24. The minimum absolute atomic E-state index is 0.183. The van der Waals surface area contributed by atoms with Gasteiger partial charge in [-0.25, -0.2) is 4.79 Å². The van der Waals surface area contributed by atoms with Gasteiger partial charge >= 0.3 is 5.97 Å². The van der Waals surface area contributed by atoms with Gasteiger partial charge in [-0.3, -0.25) is 0 Å². The lowest BCUT2D eigenvalue weighted by Gasteiger charge is -2.12. The van der Waals surface area contributed by atoms with Crippen molar-refractivity contribution in [3.63, 3.8) is 0 Å². The second-order valence-electron chi connectivity index (χ2n) is 6.78. The number of hydrogen-bond acceptors (Lipinski definition) is 4. The summed E-state index contributed by atoms with van der Waals surface area (Å²) < 4.78 is 11.0. The van der Waals surface area contributed by atoms with Crippen LogP contribution in [-0.2, 0) is 4.79 Å². The number of aliphatic carboxylic acids is 1. The summed E-state index contributed by atoms with van der Waals surface area (Å²) in [6.07, 6.45) is 5.59. The number of aliphatic hydroxyl groups is 1. The average Bonchev–Trinajstić information content (AvgIpc) is 2.73. The lowest BCUT2D eigenvalue weighted by Crippen LogP contribution is -2.01. The molecule has 0 saturated heterocycles. The van der Waals surface area contributed by atoms with Crippen LogP contribution in [0.1, 0.15) is 44.6 Å². The number of ether oxygens (including phenoxy) is 2. The minimum Gasteiger partial charge on any atom is -0.497 e. The van der Waals surface area contributed by atoms with Gasteiger partial charge in [-0.05, 0) is 61.6 Å². The average molecular weight is 398 g/mol. The van der Waals surface area contributed by atoms with Crippen LogP contribution in [0.15, 0.2) is 48.0 Å². The Morgan fingerprint density at radius 3 is 2.38 bits per heavy atom. The van der Waals surface area contributed by atoms with Crippen molar-refractivity contribution < 1.29 is 24.5 Å². The van der Waals surface area contributed by atoms with Crippen molar-refractivity contribution in [2.45, 2.75) is 39.0 Å². The molecule has 0 aliphatic rings. The van der Waals surface area contributed by atoms with E-state index in [9.17, 15) is 9.90 Å². The van der Waals surface area contributed by atoms with Crippen molar-refractivity contribution in [3.8, 4) is 22.6 Å². The van der Waals surface area contributed by atoms with E-state index < -0.39 is 5.97 Å². The Bertz CT molecular complexity index is 809. The third kappa shape index (κ3) is 6.95. The Kier molecular flexibility index (Phi) is 9.25. The zero-order valence-electron chi connectivity index (χ0n) is 17.2. The molecule has 0 unspecified atom stereocenters. The number of unbranched alkanes of at least 4 members (excludes halogenated alkanes) is 3. The topological polar surface area (TPSA) is 76.0 Å². The number of methoxy groups -OCH3 is 1. The van der Waals surface area contributed by atoms with Crippen LogP contribution < -0.4 is 9.47 Å². The third-order valence-electron chi connectivity index (χ3n) is 4.68. The van der Waals surface area contributed by atoms with Crippen molar-refractivity contribution in [2.75, 3.05) is 20.3 Å². The van der Waals surface area contributed by atoms with Gasteiger partial charge in [-0.1, -0.05) is 37.1 Å². The molecule has 0 saturated carbocycles. The second kappa shape index (κ2) is 11.9. The molecule has 2 aromatic carbocycles. The monoisotopic (exact) mass is 398 g/mol. The molecule has 0 aliphatic heterocycles. The van der Waals surface area contributed by atoms with Crippen LogP contribution in [-0.4, -0.2) is 36.5 Å². The molecule has 5 heteroatoms. The lowest BCUT2D eigenvalue weighted by molar-refractivity contribution is -0.132. The van der Waals surface area contributed by atoms with Crippen LogP contribution in [0.2, 0.25) is 0 Å². The fourth-order valence-corrected chi connectivity index (χ4v) is 3.14. The van der Waals surface area contributed by atoms with Crippen LogP contribution >= 0.6 is 0 Å². The highest BCUT2D eigenvalue weighted by Crippen LogP contribution is 2.33. The molecule has 0 spiro atoms. The zero-order valence-corrected chi connectivity index (χ0v) is 17.2. The fourth-order valence-electron chi connectivity index (χ4n) is 3.14. The molecule has 0 fully saturated rings. The van der Waals surface area contributed by atoms with Gasteiger partial charge in [0.05, 0.1) is 13.7 Å². The van der Waals surface area contributed by atoms with E-state index in [0.29, 0.717) is 18.6 Å². The van der Waals surface area contributed by atoms with E-state index in [-0.39, 0.29) is 6.61 Å². The highest BCUT2D eigenvalue weighted by molar-refractivity contribution is 5.92. The molecule has 0 heterocycles. The molecule has 0 bridgehead atoms. The maximum absolute atomic E-state index is 11.6. The molecule has 2 rings (SSSR count). The van der Waals surface area contributed by atoms with Crippen molar-refractivity contribution in [3.05, 3.63) is 53.6 Å². The quantitative estimate of drug-likeness (QED) is 0.381. The van der Waals surface area contributed by atoms with E-state index in [4.69, 9.17) is 14.6 Å². The first-order valence-electron chi connectivity index (χ1n) is 10.0. The first kappa shape index (κ1) is 22.5. The van der Waals surface area contributed by atoms with Crippen LogP contribution in [0, 0.1) is 0 Å². The van der Waals surface area contributed by atoms with Gasteiger partial charge < -0.3 is 19.7 Å². The number of benzene rings is 2. The predicted molar refractivity (Wildman–Crippen MR) is 115 cm³/mol. The molecule has 156 valence electrons. The summed E-state index contributed by atoms with van der Waals surface area (Å²) in [5, 5.41) is 18.4. The van der Waals surface area contributed by atoms with Crippen LogP contribution in [0.5, 0.6) is 11.5 Å². The molecule has 0 radical (unpaired) electrons. The summed E-state index contributed by atoms with van der Waals surface area (Å²) in [5.74, 6) is 0.611. The number of aliphatic hydroxyl groups excluding tert-OH is 1. The van der Waals surface area contributed by atoms with Crippen LogP contribution in [0.25, 0.3) is 17.2 Å². The first-order chi connectivity index (χ1) is 14.1. The SMILES string of the molecule is CCOc1cc(/C=C(\CCCCCCO)C(=O)O)ccc1-c1ccc(OC)cc1. The number of rotatable bonds is 12. The molecular weight excluding hydrogens is 368 g/mol. The summed E-state index contributed by atoms with van der Waals surface area (Å²) in [5.41, 5.74) is 3.15. The van der Waals surface area contributed by atoms with E-state index in [1.165, 1.54) is 0 Å². The van der Waals surface area contributed by atoms with E-state index in [1.54, 1.807) is 13.2 Å². The standard InChI is InChI=1S/C24H30O5/c1-3-29-23-17-18(16-20(24(26)27)8-6-4-5-7-15-25)9-14-22(23)19-10-12-21(28-2)13-11-19/h9-14,16-17,25H,3-8,15H2,1-2H3,(H,26,27)/b20-16+. The van der Waals surface area contributed by atoms with Gasteiger partial charge in [-0.2, -0.15) is 0 Å². The Morgan fingerprint density at radius 2 is 1.76 bits per heavy atom. The summed E-state index contributed by atoms with van der Waals surface area (Å²) in [6.45, 7) is 2.63.